The van der Waals surface area contributed by atoms with Gasteiger partial charge in [0.1, 0.15) is 12.5 Å². The van der Waals surface area contributed by atoms with Gasteiger partial charge in [0.05, 0.1) is 0 Å². The van der Waals surface area contributed by atoms with Crippen molar-refractivity contribution in [2.75, 3.05) is 13.2 Å². The molecule has 1 aromatic heterocycles. The van der Waals surface area contributed by atoms with Gasteiger partial charge < -0.3 is 4.90 Å². The van der Waals surface area contributed by atoms with E-state index in [-0.39, 0.29) is 0 Å². The number of benzene rings is 4. The predicted molar refractivity (Wildman–Crippen MR) is 157 cm³/mol. The number of aromatic amines is 1. The zero-order chi connectivity index (χ0) is 26.4. The molecule has 0 radical (unpaired) electrons. The smallest absolute Gasteiger partial charge is 0.205 e. The first-order valence-corrected chi connectivity index (χ1v) is 13.7. The highest BCUT2D eigenvalue weighted by molar-refractivity contribution is 5.84. The van der Waals surface area contributed by atoms with E-state index in [4.69, 9.17) is 5.10 Å². The van der Waals surface area contributed by atoms with Gasteiger partial charge in [-0.3, -0.25) is 5.01 Å². The number of amidine groups is 1. The Kier molecular flexibility index (Phi) is 7.30. The van der Waals surface area contributed by atoms with E-state index >= 15 is 0 Å². The average molecular weight is 516 g/mol. The van der Waals surface area contributed by atoms with Crippen LogP contribution in [0.5, 0.6) is 0 Å². The summed E-state index contributed by atoms with van der Waals surface area (Å²) in [6, 6.07) is 32.3. The molecule has 0 atom stereocenters. The van der Waals surface area contributed by atoms with Crippen LogP contribution in [0.4, 0.5) is 0 Å². The molecule has 0 saturated carbocycles. The van der Waals surface area contributed by atoms with Crippen LogP contribution >= 0.6 is 0 Å². The van der Waals surface area contributed by atoms with Gasteiger partial charge >= 0.3 is 0 Å². The first-order chi connectivity index (χ1) is 19.3. The summed E-state index contributed by atoms with van der Waals surface area (Å²) in [5.41, 5.74) is 5.83. The van der Waals surface area contributed by atoms with Crippen molar-refractivity contribution in [2.45, 2.75) is 39.2 Å². The van der Waals surface area contributed by atoms with Crippen LogP contribution in [-0.2, 0) is 13.0 Å². The number of nitrogens with one attached hydrogen (secondary N) is 1. The Morgan fingerprint density at radius 3 is 2.36 bits per heavy atom. The molecular weight excluding hydrogens is 482 g/mol. The predicted octanol–water partition coefficient (Wildman–Crippen LogP) is 6.51. The van der Waals surface area contributed by atoms with E-state index in [1.807, 2.05) is 18.2 Å². The minimum absolute atomic E-state index is 0.604. The lowest BCUT2D eigenvalue weighted by Crippen LogP contribution is -2.31. The van der Waals surface area contributed by atoms with Gasteiger partial charge in [-0.25, -0.2) is 0 Å². The first-order valence-electron chi connectivity index (χ1n) is 13.7. The van der Waals surface area contributed by atoms with Gasteiger partial charge in [-0.15, -0.1) is 10.2 Å². The summed E-state index contributed by atoms with van der Waals surface area (Å²) in [4.78, 5) is 2.43. The normalized spacial score (nSPS) is 13.3. The van der Waals surface area contributed by atoms with Crippen LogP contribution in [0.15, 0.2) is 96.1 Å². The van der Waals surface area contributed by atoms with Crippen LogP contribution < -0.4 is 0 Å². The molecule has 6 rings (SSSR count). The minimum atomic E-state index is 0.604. The molecule has 7 nitrogen and oxygen atoms in total. The number of fused-ring (bicyclic) bond motifs is 1. The maximum absolute atomic E-state index is 5.04. The molecule has 0 aliphatic carbocycles. The molecule has 196 valence electrons. The second-order valence-corrected chi connectivity index (χ2v) is 10.1. The molecule has 1 N–H and O–H groups in total. The average Bonchev–Trinajstić information content (AvgIpc) is 3.66. The van der Waals surface area contributed by atoms with Crippen LogP contribution in [0, 0.1) is 0 Å². The van der Waals surface area contributed by atoms with Crippen molar-refractivity contribution < 1.29 is 0 Å². The van der Waals surface area contributed by atoms with Gasteiger partial charge in [0.2, 0.25) is 5.82 Å². The Hall–Kier alpha value is -4.52. The van der Waals surface area contributed by atoms with E-state index < -0.39 is 0 Å². The third-order valence-electron chi connectivity index (χ3n) is 7.33. The van der Waals surface area contributed by atoms with Crippen molar-refractivity contribution in [2.24, 2.45) is 5.10 Å². The number of rotatable bonds is 10. The highest BCUT2D eigenvalue weighted by atomic mass is 15.6. The summed E-state index contributed by atoms with van der Waals surface area (Å²) in [7, 11) is 0. The molecule has 5 aromatic rings. The van der Waals surface area contributed by atoms with Crippen LogP contribution in [0.1, 0.15) is 37.3 Å². The number of nitrogens with zero attached hydrogens (tertiary/aromatic N) is 6. The minimum Gasteiger partial charge on any atom is -0.335 e. The molecule has 0 saturated heterocycles. The summed E-state index contributed by atoms with van der Waals surface area (Å²) in [5, 5.41) is 24.5. The van der Waals surface area contributed by atoms with E-state index in [2.05, 4.69) is 110 Å². The maximum atomic E-state index is 5.04. The summed E-state index contributed by atoms with van der Waals surface area (Å²) >= 11 is 0. The quantitative estimate of drug-likeness (QED) is 0.230. The van der Waals surface area contributed by atoms with Gasteiger partial charge in [0.25, 0.3) is 0 Å². The number of unbranched alkanes of at least 4 members (excludes halogenated alkanes) is 1. The Morgan fingerprint density at radius 2 is 1.56 bits per heavy atom. The SMILES string of the molecule is CCCCC1=NN(CCc2ccc3ccccc3c2)CN1Cc1ccc(-c2ccccc2-c2nn[nH]n2)cc1. The third-order valence-corrected chi connectivity index (χ3v) is 7.33. The number of aromatic nitrogens is 4. The monoisotopic (exact) mass is 515 g/mol. The summed E-state index contributed by atoms with van der Waals surface area (Å²) < 4.78 is 0. The Labute approximate surface area is 229 Å². The second-order valence-electron chi connectivity index (χ2n) is 10.1. The van der Waals surface area contributed by atoms with E-state index in [1.165, 1.54) is 34.2 Å². The molecule has 2 heterocycles. The molecule has 0 spiro atoms. The molecular formula is C32H33N7. The Morgan fingerprint density at radius 1 is 0.795 bits per heavy atom. The summed E-state index contributed by atoms with van der Waals surface area (Å²) in [5.74, 6) is 1.80. The topological polar surface area (TPSA) is 73.3 Å². The molecule has 0 unspecified atom stereocenters. The summed E-state index contributed by atoms with van der Waals surface area (Å²) in [6.07, 6.45) is 4.31. The van der Waals surface area contributed by atoms with E-state index in [9.17, 15) is 0 Å². The number of hydrogen-bond acceptors (Lipinski definition) is 6. The fraction of sp³-hybridized carbons (Fsp3) is 0.250. The fourth-order valence-corrected chi connectivity index (χ4v) is 5.21. The van der Waals surface area contributed by atoms with E-state index in [1.54, 1.807) is 0 Å². The van der Waals surface area contributed by atoms with Gasteiger partial charge in [-0.05, 0) is 51.1 Å². The first kappa shape index (κ1) is 24.8. The lowest BCUT2D eigenvalue weighted by Gasteiger charge is -2.22. The zero-order valence-electron chi connectivity index (χ0n) is 22.3. The molecule has 39 heavy (non-hydrogen) atoms. The van der Waals surface area contributed by atoms with Gasteiger partial charge in [0, 0.05) is 25.1 Å². The number of H-pyrrole nitrogens is 1. The van der Waals surface area contributed by atoms with Gasteiger partial charge in [-0.2, -0.15) is 10.3 Å². The summed E-state index contributed by atoms with van der Waals surface area (Å²) in [6.45, 7) is 4.83. The van der Waals surface area contributed by atoms with Crippen LogP contribution in [-0.4, -0.2) is 49.6 Å². The van der Waals surface area contributed by atoms with Crippen molar-refractivity contribution in [1.82, 2.24) is 30.5 Å². The van der Waals surface area contributed by atoms with Crippen LogP contribution in [0.2, 0.25) is 0 Å². The van der Waals surface area contributed by atoms with Crippen molar-refractivity contribution in [1.29, 1.82) is 0 Å². The lowest BCUT2D eigenvalue weighted by atomic mass is 9.98. The largest absolute Gasteiger partial charge is 0.335 e. The maximum Gasteiger partial charge on any atom is 0.205 e. The molecule has 1 aliphatic rings. The van der Waals surface area contributed by atoms with Crippen LogP contribution in [0.3, 0.4) is 0 Å². The standard InChI is InChI=1S/C32H33N7/c1-2-3-12-31-35-39(20-19-24-13-16-26-8-4-5-9-28(26)21-24)23-38(31)22-25-14-17-27(18-15-25)29-10-6-7-11-30(29)32-33-36-37-34-32/h4-11,13-18,21H,2-3,12,19-20,22-23H2,1H3,(H,33,34,36,37). The van der Waals surface area contributed by atoms with Crippen molar-refractivity contribution >= 4 is 16.6 Å². The Balaban J connectivity index is 1.13. The number of hydrazone groups is 1. The van der Waals surface area contributed by atoms with E-state index in [0.717, 1.165) is 55.7 Å². The third kappa shape index (κ3) is 5.67. The molecule has 7 heteroatoms. The highest BCUT2D eigenvalue weighted by Crippen LogP contribution is 2.30. The zero-order valence-corrected chi connectivity index (χ0v) is 22.3. The number of tetrazole rings is 1. The molecule has 4 aromatic carbocycles. The lowest BCUT2D eigenvalue weighted by molar-refractivity contribution is 0.232. The van der Waals surface area contributed by atoms with Crippen LogP contribution in [0.25, 0.3) is 33.3 Å². The van der Waals surface area contributed by atoms with Crippen molar-refractivity contribution in [3.8, 4) is 22.5 Å². The van der Waals surface area contributed by atoms with Crippen molar-refractivity contribution in [3.63, 3.8) is 0 Å². The highest BCUT2D eigenvalue weighted by Gasteiger charge is 2.22. The second kappa shape index (κ2) is 11.5. The molecule has 1 aliphatic heterocycles. The van der Waals surface area contributed by atoms with Crippen molar-refractivity contribution in [3.05, 3.63) is 102 Å². The van der Waals surface area contributed by atoms with Gasteiger partial charge in [0.15, 0.2) is 0 Å². The Bertz CT molecular complexity index is 1560. The molecule has 0 bridgehead atoms. The van der Waals surface area contributed by atoms with E-state index in [0.29, 0.717) is 5.82 Å². The fourth-order valence-electron chi connectivity index (χ4n) is 5.21. The molecule has 0 fully saturated rings. The number of hydrogen-bond donors (Lipinski definition) is 1. The molecule has 0 amide bonds. The van der Waals surface area contributed by atoms with Gasteiger partial charge in [-0.1, -0.05) is 104 Å².